The molecule has 3 aromatic rings. The fourth-order valence-corrected chi connectivity index (χ4v) is 5.73. The van der Waals surface area contributed by atoms with Crippen molar-refractivity contribution < 1.29 is 4.79 Å². The number of rotatable bonds is 5. The zero-order valence-electron chi connectivity index (χ0n) is 15.0. The van der Waals surface area contributed by atoms with Gasteiger partial charge in [-0.2, -0.15) is 11.3 Å². The fraction of sp³-hybridized carbons (Fsp3) is 0.421. The van der Waals surface area contributed by atoms with Crippen LogP contribution in [0.3, 0.4) is 0 Å². The lowest BCUT2D eigenvalue weighted by Crippen LogP contribution is -2.60. The van der Waals surface area contributed by atoms with Gasteiger partial charge in [-0.1, -0.05) is 0 Å². The number of hydrogen-bond acceptors (Lipinski definition) is 6. The molecule has 3 aromatic heterocycles. The van der Waals surface area contributed by atoms with Gasteiger partial charge in [0.25, 0.3) is 0 Å². The van der Waals surface area contributed by atoms with E-state index in [9.17, 15) is 4.79 Å². The largest absolute Gasteiger partial charge is 0.346 e. The van der Waals surface area contributed by atoms with Crippen LogP contribution in [0.2, 0.25) is 0 Å². The second-order valence-electron chi connectivity index (χ2n) is 7.55. The van der Waals surface area contributed by atoms with Crippen molar-refractivity contribution in [2.45, 2.75) is 37.4 Å². The second-order valence-corrected chi connectivity index (χ2v) is 9.25. The van der Waals surface area contributed by atoms with E-state index in [1.807, 2.05) is 36.1 Å². The molecule has 140 valence electrons. The number of nitrogens with zero attached hydrogens (tertiary/aromatic N) is 4. The summed E-state index contributed by atoms with van der Waals surface area (Å²) in [7, 11) is 0. The summed E-state index contributed by atoms with van der Waals surface area (Å²) in [5.74, 6) is 0.921. The Morgan fingerprint density at radius 3 is 3.04 bits per heavy atom. The zero-order chi connectivity index (χ0) is 18.4. The molecule has 27 heavy (non-hydrogen) atoms. The van der Waals surface area contributed by atoms with E-state index >= 15 is 0 Å². The number of thiophene rings is 1. The molecule has 1 saturated heterocycles. The Bertz CT molecular complexity index is 927. The summed E-state index contributed by atoms with van der Waals surface area (Å²) in [6.45, 7) is 4.89. The lowest BCUT2D eigenvalue weighted by Gasteiger charge is -2.49. The summed E-state index contributed by atoms with van der Waals surface area (Å²) in [6.07, 6.45) is 6.69. The van der Waals surface area contributed by atoms with Crippen molar-refractivity contribution in [1.29, 1.82) is 0 Å². The molecule has 2 atom stereocenters. The van der Waals surface area contributed by atoms with Crippen LogP contribution in [-0.2, 0) is 16.9 Å². The van der Waals surface area contributed by atoms with E-state index < -0.39 is 0 Å². The second kappa shape index (κ2) is 6.54. The predicted octanol–water partition coefficient (Wildman–Crippen LogP) is 2.98. The Morgan fingerprint density at radius 1 is 1.41 bits per heavy atom. The Balaban J connectivity index is 1.28. The number of hydrogen-bond donors (Lipinski definition) is 1. The van der Waals surface area contributed by atoms with Gasteiger partial charge < -0.3 is 9.88 Å². The minimum atomic E-state index is -0.138. The van der Waals surface area contributed by atoms with Crippen molar-refractivity contribution in [2.24, 2.45) is 0 Å². The lowest BCUT2D eigenvalue weighted by atomic mass is 9.86. The van der Waals surface area contributed by atoms with Gasteiger partial charge in [-0.05, 0) is 46.9 Å². The molecule has 1 N–H and O–H groups in total. The van der Waals surface area contributed by atoms with Crippen LogP contribution in [-0.4, -0.2) is 37.8 Å². The maximum absolute atomic E-state index is 12.8. The van der Waals surface area contributed by atoms with E-state index in [1.165, 1.54) is 4.88 Å². The van der Waals surface area contributed by atoms with Gasteiger partial charge in [0.05, 0.1) is 17.5 Å². The van der Waals surface area contributed by atoms with Crippen molar-refractivity contribution in [3.05, 3.63) is 57.7 Å². The number of carbonyl (C=O) groups excluding carboxylic acids is 1. The average molecular weight is 400 g/mol. The molecule has 0 aliphatic carbocycles. The molecule has 0 bridgehead atoms. The van der Waals surface area contributed by atoms with Crippen LogP contribution in [0.1, 0.15) is 41.6 Å². The molecule has 0 aromatic carbocycles. The SMILES string of the molecule is CC(C(=O)NC1CC2(CN(Cc3ccns3)C2)n2ccnc21)c1ccsc1. The third kappa shape index (κ3) is 2.92. The van der Waals surface area contributed by atoms with Crippen LogP contribution >= 0.6 is 22.9 Å². The highest BCUT2D eigenvalue weighted by Crippen LogP contribution is 2.45. The molecule has 0 radical (unpaired) electrons. The first-order valence-corrected chi connectivity index (χ1v) is 10.8. The first kappa shape index (κ1) is 17.1. The zero-order valence-corrected chi connectivity index (χ0v) is 16.7. The van der Waals surface area contributed by atoms with Crippen molar-refractivity contribution >= 4 is 28.8 Å². The molecule has 6 nitrogen and oxygen atoms in total. The molecular formula is C19H21N5OS2. The number of likely N-dealkylation sites (tertiary alicyclic amines) is 1. The van der Waals surface area contributed by atoms with Gasteiger partial charge >= 0.3 is 0 Å². The summed E-state index contributed by atoms with van der Waals surface area (Å²) >= 11 is 3.19. The normalized spacial score (nSPS) is 21.7. The van der Waals surface area contributed by atoms with Crippen molar-refractivity contribution in [3.8, 4) is 0 Å². The first-order valence-electron chi connectivity index (χ1n) is 9.13. The van der Waals surface area contributed by atoms with Gasteiger partial charge in [-0.15, -0.1) is 0 Å². The Labute approximate surface area is 166 Å². The monoisotopic (exact) mass is 399 g/mol. The summed E-state index contributed by atoms with van der Waals surface area (Å²) < 4.78 is 6.47. The van der Waals surface area contributed by atoms with E-state index in [4.69, 9.17) is 0 Å². The van der Waals surface area contributed by atoms with Gasteiger partial charge in [0.15, 0.2) is 0 Å². The molecule has 1 fully saturated rings. The molecule has 8 heteroatoms. The number of fused-ring (bicyclic) bond motifs is 2. The minimum absolute atomic E-state index is 0.0147. The lowest BCUT2D eigenvalue weighted by molar-refractivity contribution is -0.123. The quantitative estimate of drug-likeness (QED) is 0.716. The summed E-state index contributed by atoms with van der Waals surface area (Å²) in [5, 5.41) is 7.31. The average Bonchev–Trinajstić information content (AvgIpc) is 3.41. The third-order valence-electron chi connectivity index (χ3n) is 5.74. The maximum atomic E-state index is 12.8. The molecule has 0 saturated carbocycles. The number of amides is 1. The third-order valence-corrected chi connectivity index (χ3v) is 7.16. The van der Waals surface area contributed by atoms with Gasteiger partial charge in [-0.25, -0.2) is 9.36 Å². The molecule has 5 heterocycles. The maximum Gasteiger partial charge on any atom is 0.227 e. The number of aromatic nitrogens is 3. The van der Waals surface area contributed by atoms with Crippen LogP contribution in [0.5, 0.6) is 0 Å². The molecule has 1 amide bonds. The van der Waals surface area contributed by atoms with E-state index in [-0.39, 0.29) is 23.4 Å². The van der Waals surface area contributed by atoms with Crippen LogP contribution in [0, 0.1) is 0 Å². The fourth-order valence-electron chi connectivity index (χ4n) is 4.35. The number of nitrogens with one attached hydrogen (secondary N) is 1. The van der Waals surface area contributed by atoms with Crippen LogP contribution in [0.15, 0.2) is 41.5 Å². The van der Waals surface area contributed by atoms with E-state index in [1.54, 1.807) is 22.9 Å². The molecule has 2 aliphatic rings. The van der Waals surface area contributed by atoms with Crippen LogP contribution in [0.25, 0.3) is 0 Å². The Hall–Kier alpha value is -2.03. The van der Waals surface area contributed by atoms with Crippen molar-refractivity contribution in [2.75, 3.05) is 13.1 Å². The molecule has 1 spiro atoms. The van der Waals surface area contributed by atoms with E-state index in [0.717, 1.165) is 37.4 Å². The van der Waals surface area contributed by atoms with E-state index in [2.05, 4.69) is 36.4 Å². The van der Waals surface area contributed by atoms with Crippen molar-refractivity contribution in [1.82, 2.24) is 24.1 Å². The highest BCUT2D eigenvalue weighted by molar-refractivity contribution is 7.08. The van der Waals surface area contributed by atoms with Gasteiger partial charge in [-0.3, -0.25) is 9.69 Å². The topological polar surface area (TPSA) is 63.1 Å². The Morgan fingerprint density at radius 2 is 2.30 bits per heavy atom. The van der Waals surface area contributed by atoms with Gasteiger partial charge in [0.2, 0.25) is 5.91 Å². The molecular weight excluding hydrogens is 378 g/mol. The van der Waals surface area contributed by atoms with Gasteiger partial charge in [0, 0.05) is 49.5 Å². The predicted molar refractivity (Wildman–Crippen MR) is 106 cm³/mol. The molecule has 5 rings (SSSR count). The summed E-state index contributed by atoms with van der Waals surface area (Å²) in [5.41, 5.74) is 1.13. The highest BCUT2D eigenvalue weighted by atomic mass is 32.1. The van der Waals surface area contributed by atoms with Crippen molar-refractivity contribution in [3.63, 3.8) is 0 Å². The van der Waals surface area contributed by atoms with E-state index in [0.29, 0.717) is 0 Å². The Kier molecular flexibility index (Phi) is 4.14. The smallest absolute Gasteiger partial charge is 0.227 e. The van der Waals surface area contributed by atoms with Crippen LogP contribution in [0.4, 0.5) is 0 Å². The number of carbonyl (C=O) groups is 1. The first-order chi connectivity index (χ1) is 13.1. The van der Waals surface area contributed by atoms with Gasteiger partial charge in [0.1, 0.15) is 5.82 Å². The number of imidazole rings is 1. The van der Waals surface area contributed by atoms with Crippen LogP contribution < -0.4 is 5.32 Å². The summed E-state index contributed by atoms with van der Waals surface area (Å²) in [6, 6.07) is 4.09. The molecule has 2 aliphatic heterocycles. The minimum Gasteiger partial charge on any atom is -0.346 e. The highest BCUT2D eigenvalue weighted by Gasteiger charge is 2.52. The molecule has 2 unspecified atom stereocenters. The standard InChI is InChI=1S/C19H21N5OS2/c1-13(14-3-7-26-10-14)18(25)22-16-8-19(24-6-5-20-17(16)24)11-23(12-19)9-15-2-4-21-27-15/h2-7,10,13,16H,8-9,11-12H2,1H3,(H,22,25). The summed E-state index contributed by atoms with van der Waals surface area (Å²) in [4.78, 5) is 21.1.